The van der Waals surface area contributed by atoms with E-state index in [9.17, 15) is 29.1 Å². The van der Waals surface area contributed by atoms with Crippen molar-refractivity contribution in [2.24, 2.45) is 7.05 Å². The van der Waals surface area contributed by atoms with Gasteiger partial charge in [0.15, 0.2) is 5.78 Å². The van der Waals surface area contributed by atoms with Crippen molar-refractivity contribution in [3.63, 3.8) is 0 Å². The molecule has 2 heterocycles. The van der Waals surface area contributed by atoms with E-state index in [0.29, 0.717) is 10.5 Å². The second kappa shape index (κ2) is 8.83. The van der Waals surface area contributed by atoms with Gasteiger partial charge >= 0.3 is 0 Å². The summed E-state index contributed by atoms with van der Waals surface area (Å²) in [5, 5.41) is 19.5. The number of amides is 1. The lowest BCUT2D eigenvalue weighted by atomic mass is 10.00. The normalized spacial score (nSPS) is 14.9. The number of nitriles is 1. The number of carbonyl (C=O) groups excluding carboxylic acids is 2. The Morgan fingerprint density at radius 2 is 1.97 bits per heavy atom. The molecule has 0 aliphatic carbocycles. The molecule has 7 nitrogen and oxygen atoms in total. The minimum absolute atomic E-state index is 0.0339. The molecule has 158 valence electrons. The number of aromatic nitrogens is 1. The Morgan fingerprint density at radius 3 is 2.58 bits per heavy atom. The first-order valence-electron chi connectivity index (χ1n) is 9.02. The molecule has 10 heteroatoms. The number of carbonyl (C=O) groups is 2. The zero-order valence-corrected chi connectivity index (χ0v) is 18.1. The quantitative estimate of drug-likeness (QED) is 0.418. The second-order valence-electron chi connectivity index (χ2n) is 6.73. The average molecular weight is 458 g/mol. The monoisotopic (exact) mass is 457 g/mol. The first-order valence-corrected chi connectivity index (χ1v) is 10.2. The van der Waals surface area contributed by atoms with Gasteiger partial charge in [0.25, 0.3) is 11.5 Å². The van der Waals surface area contributed by atoms with Gasteiger partial charge in [-0.2, -0.15) is 5.26 Å². The van der Waals surface area contributed by atoms with Crippen molar-refractivity contribution >= 4 is 46.1 Å². The van der Waals surface area contributed by atoms with Crippen LogP contribution in [0, 0.1) is 24.1 Å². The predicted molar refractivity (Wildman–Crippen MR) is 118 cm³/mol. The molecule has 1 aromatic heterocycles. The zero-order valence-electron chi connectivity index (χ0n) is 16.5. The molecule has 3 rings (SSSR count). The Morgan fingerprint density at radius 1 is 1.32 bits per heavy atom. The molecule has 0 bridgehead atoms. The summed E-state index contributed by atoms with van der Waals surface area (Å²) in [6, 6.07) is 7.38. The molecule has 1 saturated heterocycles. The van der Waals surface area contributed by atoms with Crippen molar-refractivity contribution < 1.29 is 19.1 Å². The maximum Gasteiger partial charge on any atom is 0.271 e. The van der Waals surface area contributed by atoms with E-state index in [1.54, 1.807) is 12.1 Å². The van der Waals surface area contributed by atoms with Crippen LogP contribution < -0.4 is 5.56 Å². The van der Waals surface area contributed by atoms with E-state index in [2.05, 4.69) is 0 Å². The van der Waals surface area contributed by atoms with E-state index in [4.69, 9.17) is 12.2 Å². The van der Waals surface area contributed by atoms with Crippen molar-refractivity contribution in [3.05, 3.63) is 67.6 Å². The van der Waals surface area contributed by atoms with Crippen LogP contribution in [0.15, 0.2) is 34.0 Å². The topological polar surface area (TPSA) is 103 Å². The molecule has 2 aromatic rings. The highest BCUT2D eigenvalue weighted by molar-refractivity contribution is 8.26. The van der Waals surface area contributed by atoms with Crippen LogP contribution >= 0.6 is 24.0 Å². The Kier molecular flexibility index (Phi) is 6.38. The standard InChI is InChI=1S/C21H16FN3O4S2/c1-11-14(10-23)18(27)24(2)20(29)17(11)15(26)7-8-25-19(28)16(31-21(25)30)9-12-3-5-13(22)6-4-12/h3-6,9,29H,7-8H2,1-2H3/b16-9-. The Labute approximate surface area is 186 Å². The molecule has 0 unspecified atom stereocenters. The van der Waals surface area contributed by atoms with Crippen molar-refractivity contribution in [1.82, 2.24) is 9.47 Å². The number of pyridine rings is 1. The molecular weight excluding hydrogens is 441 g/mol. The lowest BCUT2D eigenvalue weighted by molar-refractivity contribution is -0.122. The maximum absolute atomic E-state index is 13.1. The van der Waals surface area contributed by atoms with Crippen LogP contribution in [0.4, 0.5) is 4.39 Å². The SMILES string of the molecule is Cc1c(C(=O)CCN2C(=O)/C(=C/c3ccc(F)cc3)SC2=S)c(O)n(C)c(=O)c1C#N. The average Bonchev–Trinajstić information content (AvgIpc) is 2.99. The van der Waals surface area contributed by atoms with Crippen molar-refractivity contribution in [2.45, 2.75) is 13.3 Å². The summed E-state index contributed by atoms with van der Waals surface area (Å²) in [6.45, 7) is 1.38. The summed E-state index contributed by atoms with van der Waals surface area (Å²) in [7, 11) is 1.26. The highest BCUT2D eigenvalue weighted by Crippen LogP contribution is 2.33. The molecule has 31 heavy (non-hydrogen) atoms. The summed E-state index contributed by atoms with van der Waals surface area (Å²) in [6.07, 6.45) is 1.41. The number of Topliss-reactive ketones (excluding diaryl/α,β-unsaturated/α-hetero) is 1. The van der Waals surface area contributed by atoms with Gasteiger partial charge in [-0.3, -0.25) is 23.9 Å². The highest BCUT2D eigenvalue weighted by Gasteiger charge is 2.33. The Balaban J connectivity index is 1.80. The van der Waals surface area contributed by atoms with E-state index < -0.39 is 17.2 Å². The van der Waals surface area contributed by atoms with Crippen LogP contribution in [0.5, 0.6) is 5.88 Å². The van der Waals surface area contributed by atoms with Crippen LogP contribution in [0.3, 0.4) is 0 Å². The molecular formula is C21H16FN3O4S2. The molecule has 0 spiro atoms. The third kappa shape index (κ3) is 4.28. The lowest BCUT2D eigenvalue weighted by Crippen LogP contribution is -2.31. The largest absolute Gasteiger partial charge is 0.494 e. The number of ketones is 1. The molecule has 1 fully saturated rings. The summed E-state index contributed by atoms with van der Waals surface area (Å²) in [5.74, 6) is -1.84. The molecule has 1 aromatic carbocycles. The Bertz CT molecular complexity index is 1240. The number of hydrogen-bond donors (Lipinski definition) is 1. The summed E-state index contributed by atoms with van der Waals surface area (Å²) >= 11 is 6.32. The maximum atomic E-state index is 13.1. The van der Waals surface area contributed by atoms with Gasteiger partial charge < -0.3 is 5.11 Å². The van der Waals surface area contributed by atoms with E-state index in [1.807, 2.05) is 0 Å². The summed E-state index contributed by atoms with van der Waals surface area (Å²) in [4.78, 5) is 39.1. The highest BCUT2D eigenvalue weighted by atomic mass is 32.2. The summed E-state index contributed by atoms with van der Waals surface area (Å²) < 4.78 is 14.2. The molecule has 0 saturated carbocycles. The molecule has 1 aliphatic heterocycles. The van der Waals surface area contributed by atoms with Crippen molar-refractivity contribution in [1.29, 1.82) is 5.26 Å². The fraction of sp³-hybridized carbons (Fsp3) is 0.190. The predicted octanol–water partition coefficient (Wildman–Crippen LogP) is 2.88. The van der Waals surface area contributed by atoms with Gasteiger partial charge in [0.2, 0.25) is 5.88 Å². The number of aromatic hydroxyl groups is 1. The second-order valence-corrected chi connectivity index (χ2v) is 8.41. The fourth-order valence-electron chi connectivity index (χ4n) is 3.09. The van der Waals surface area contributed by atoms with Gasteiger partial charge in [0, 0.05) is 20.0 Å². The van der Waals surface area contributed by atoms with Crippen LogP contribution in [0.1, 0.15) is 33.5 Å². The van der Waals surface area contributed by atoms with Crippen molar-refractivity contribution in [3.8, 4) is 11.9 Å². The molecule has 0 radical (unpaired) electrons. The minimum Gasteiger partial charge on any atom is -0.494 e. The van der Waals surface area contributed by atoms with Gasteiger partial charge in [-0.15, -0.1) is 0 Å². The number of thiocarbonyl (C=S) groups is 1. The minimum atomic E-state index is -0.697. The summed E-state index contributed by atoms with van der Waals surface area (Å²) in [5.41, 5.74) is -0.332. The van der Waals surface area contributed by atoms with Crippen LogP contribution in [-0.4, -0.2) is 37.1 Å². The van der Waals surface area contributed by atoms with Gasteiger partial charge in [-0.05, 0) is 36.3 Å². The fourth-order valence-corrected chi connectivity index (χ4v) is 4.40. The first kappa shape index (κ1) is 22.4. The third-order valence-electron chi connectivity index (χ3n) is 4.80. The van der Waals surface area contributed by atoms with Gasteiger partial charge in [-0.1, -0.05) is 36.1 Å². The number of nitrogens with zero attached hydrogens (tertiary/aromatic N) is 3. The number of rotatable bonds is 5. The molecule has 1 aliphatic rings. The van der Waals surface area contributed by atoms with E-state index in [0.717, 1.165) is 16.3 Å². The lowest BCUT2D eigenvalue weighted by Gasteiger charge is -2.16. The molecule has 1 amide bonds. The number of hydrogen-bond acceptors (Lipinski definition) is 7. The number of thioether (sulfide) groups is 1. The molecule has 0 atom stereocenters. The van der Waals surface area contributed by atoms with Gasteiger partial charge in [0.05, 0.1) is 10.5 Å². The van der Waals surface area contributed by atoms with Gasteiger partial charge in [0.1, 0.15) is 21.8 Å². The smallest absolute Gasteiger partial charge is 0.271 e. The van der Waals surface area contributed by atoms with Crippen molar-refractivity contribution in [2.75, 3.05) is 6.54 Å². The van der Waals surface area contributed by atoms with Crippen LogP contribution in [0.2, 0.25) is 0 Å². The Hall–Kier alpha value is -3.29. The van der Waals surface area contributed by atoms with E-state index in [-0.39, 0.29) is 45.7 Å². The van der Waals surface area contributed by atoms with Gasteiger partial charge in [-0.25, -0.2) is 4.39 Å². The van der Waals surface area contributed by atoms with E-state index in [1.165, 1.54) is 43.1 Å². The number of benzene rings is 1. The van der Waals surface area contributed by atoms with Crippen LogP contribution in [-0.2, 0) is 11.8 Å². The van der Waals surface area contributed by atoms with Crippen LogP contribution in [0.25, 0.3) is 6.08 Å². The zero-order chi connectivity index (χ0) is 22.9. The molecule has 1 N–H and O–H groups in total. The number of halogens is 1. The van der Waals surface area contributed by atoms with E-state index >= 15 is 0 Å². The third-order valence-corrected chi connectivity index (χ3v) is 6.18. The first-order chi connectivity index (χ1) is 14.6.